The summed E-state index contributed by atoms with van der Waals surface area (Å²) < 4.78 is 5.05. The van der Waals surface area contributed by atoms with Gasteiger partial charge in [-0.25, -0.2) is 0 Å². The minimum absolute atomic E-state index is 0.0198. The second-order valence-electron chi connectivity index (χ2n) is 8.43. The van der Waals surface area contributed by atoms with Crippen molar-refractivity contribution in [3.63, 3.8) is 0 Å². The van der Waals surface area contributed by atoms with Gasteiger partial charge in [0.2, 0.25) is 5.91 Å². The molecule has 35 heavy (non-hydrogen) atoms. The van der Waals surface area contributed by atoms with Gasteiger partial charge in [-0.05, 0) is 57.1 Å². The lowest BCUT2D eigenvalue weighted by Gasteiger charge is -2.24. The Kier molecular flexibility index (Phi) is 9.99. The largest absolute Gasteiger partial charge is 0.460 e. The van der Waals surface area contributed by atoms with E-state index in [-0.39, 0.29) is 18.4 Å². The van der Waals surface area contributed by atoms with Crippen LogP contribution in [0.15, 0.2) is 36.9 Å². The number of carbonyl (C=O) groups is 3. The van der Waals surface area contributed by atoms with Gasteiger partial charge >= 0.3 is 5.97 Å². The molecule has 0 saturated carbocycles. The van der Waals surface area contributed by atoms with Crippen LogP contribution in [0, 0.1) is 17.2 Å². The number of nitrogens with one attached hydrogen (secondary N) is 2. The monoisotopic (exact) mass is 499 g/mol. The summed E-state index contributed by atoms with van der Waals surface area (Å²) in [6.45, 7) is 9.76. The Labute approximate surface area is 210 Å². The van der Waals surface area contributed by atoms with Crippen molar-refractivity contribution in [2.75, 3.05) is 51.2 Å². The van der Waals surface area contributed by atoms with Crippen LogP contribution in [-0.2, 0) is 14.3 Å². The van der Waals surface area contributed by atoms with E-state index in [9.17, 15) is 19.6 Å². The van der Waals surface area contributed by atoms with Gasteiger partial charge in [-0.1, -0.05) is 12.7 Å². The Morgan fingerprint density at radius 2 is 2.03 bits per heavy atom. The van der Waals surface area contributed by atoms with Gasteiger partial charge in [0.25, 0.3) is 5.91 Å². The van der Waals surface area contributed by atoms with Crippen LogP contribution in [0.1, 0.15) is 30.1 Å². The number of nitrogens with zero attached hydrogens (tertiary/aromatic N) is 3. The summed E-state index contributed by atoms with van der Waals surface area (Å²) in [5, 5.41) is 14.7. The molecule has 1 aromatic rings. The molecule has 2 N–H and O–H groups in total. The topological polar surface area (TPSA) is 115 Å². The van der Waals surface area contributed by atoms with Gasteiger partial charge in [0.1, 0.15) is 17.2 Å². The molecule has 0 aromatic heterocycles. The Hall–Kier alpha value is -3.03. The maximum Gasteiger partial charge on any atom is 0.326 e. The van der Waals surface area contributed by atoms with E-state index < -0.39 is 22.5 Å². The fraction of sp³-hybridized carbons (Fsp3) is 0.520. The summed E-state index contributed by atoms with van der Waals surface area (Å²) in [5.74, 6) is -1.96. The Morgan fingerprint density at radius 1 is 1.31 bits per heavy atom. The molecule has 2 heterocycles. The number of ether oxygens (including phenoxy) is 1. The number of carbonyl (C=O) groups excluding carboxylic acids is 3. The van der Waals surface area contributed by atoms with Gasteiger partial charge < -0.3 is 25.2 Å². The van der Waals surface area contributed by atoms with E-state index >= 15 is 0 Å². The highest BCUT2D eigenvalue weighted by Gasteiger charge is 2.46. The van der Waals surface area contributed by atoms with Gasteiger partial charge in [-0.2, -0.15) is 5.26 Å². The molecular weight excluding hydrogens is 466 g/mol. The van der Waals surface area contributed by atoms with Crippen LogP contribution < -0.4 is 10.6 Å². The number of thioether (sulfide) groups is 1. The zero-order chi connectivity index (χ0) is 25.2. The summed E-state index contributed by atoms with van der Waals surface area (Å²) >= 11 is 1.29. The average Bonchev–Trinajstić information content (AvgIpc) is 3.49. The third kappa shape index (κ3) is 6.99. The Bertz CT molecular complexity index is 942. The molecule has 10 heteroatoms. The van der Waals surface area contributed by atoms with Crippen LogP contribution in [0.3, 0.4) is 0 Å². The molecule has 3 rings (SSSR count). The van der Waals surface area contributed by atoms with Gasteiger partial charge in [0.15, 0.2) is 5.92 Å². The average molecular weight is 500 g/mol. The third-order valence-electron chi connectivity index (χ3n) is 6.08. The first-order valence-corrected chi connectivity index (χ1v) is 12.9. The molecular formula is C25H33N5O4S. The minimum atomic E-state index is -1.07. The van der Waals surface area contributed by atoms with E-state index in [4.69, 9.17) is 4.74 Å². The number of esters is 1. The standard InChI is InChI=1S/C25H33N5O4S/c1-3-15-34-25(33)20(16-26)24-30(4-2)23(32)21(35-24)17-28-19-9-7-18(8-10-19)22(31)27-11-14-29-12-5-6-13-29/h3,7-10,20-21,24,28H,1,4-6,11-15,17H2,2H3,(H,27,31). The first kappa shape index (κ1) is 26.6. The first-order chi connectivity index (χ1) is 17.0. The van der Waals surface area contributed by atoms with E-state index in [0.717, 1.165) is 25.3 Å². The van der Waals surface area contributed by atoms with Crippen molar-refractivity contribution < 1.29 is 19.1 Å². The van der Waals surface area contributed by atoms with Crippen LogP contribution in [0.2, 0.25) is 0 Å². The van der Waals surface area contributed by atoms with Gasteiger partial charge in [0.05, 0.1) is 6.07 Å². The zero-order valence-corrected chi connectivity index (χ0v) is 20.9. The van der Waals surface area contributed by atoms with E-state index in [1.165, 1.54) is 30.7 Å². The number of likely N-dealkylation sites (tertiary alicyclic amines) is 1. The molecule has 0 aliphatic carbocycles. The van der Waals surface area contributed by atoms with Crippen molar-refractivity contribution in [2.45, 2.75) is 30.4 Å². The van der Waals surface area contributed by atoms with Crippen LogP contribution in [0.4, 0.5) is 5.69 Å². The molecule has 1 aromatic carbocycles. The van der Waals surface area contributed by atoms with E-state index in [2.05, 4.69) is 22.1 Å². The molecule has 9 nitrogen and oxygen atoms in total. The van der Waals surface area contributed by atoms with Crippen molar-refractivity contribution in [1.29, 1.82) is 5.26 Å². The maximum atomic E-state index is 12.9. The molecule has 2 aliphatic heterocycles. The first-order valence-electron chi connectivity index (χ1n) is 12.0. The molecule has 0 radical (unpaired) electrons. The number of hydrogen-bond donors (Lipinski definition) is 2. The molecule has 2 saturated heterocycles. The number of amides is 2. The highest BCUT2D eigenvalue weighted by molar-refractivity contribution is 8.01. The second kappa shape index (κ2) is 13.2. The number of nitriles is 1. The van der Waals surface area contributed by atoms with Crippen molar-refractivity contribution >= 4 is 35.2 Å². The molecule has 3 atom stereocenters. The molecule has 188 valence electrons. The molecule has 0 bridgehead atoms. The minimum Gasteiger partial charge on any atom is -0.460 e. The lowest BCUT2D eigenvalue weighted by atomic mass is 10.1. The van der Waals surface area contributed by atoms with Crippen LogP contribution in [0.25, 0.3) is 0 Å². The van der Waals surface area contributed by atoms with E-state index in [1.54, 1.807) is 29.2 Å². The second-order valence-corrected chi connectivity index (χ2v) is 9.75. The van der Waals surface area contributed by atoms with E-state index in [1.807, 2.05) is 13.0 Å². The fourth-order valence-corrected chi connectivity index (χ4v) is 5.69. The van der Waals surface area contributed by atoms with Crippen LogP contribution in [-0.4, -0.2) is 84.1 Å². The smallest absolute Gasteiger partial charge is 0.326 e. The summed E-state index contributed by atoms with van der Waals surface area (Å²) in [6, 6.07) is 9.10. The predicted molar refractivity (Wildman–Crippen MR) is 136 cm³/mol. The summed E-state index contributed by atoms with van der Waals surface area (Å²) in [4.78, 5) is 41.5. The summed E-state index contributed by atoms with van der Waals surface area (Å²) in [6.07, 6.45) is 3.89. The number of hydrogen-bond acceptors (Lipinski definition) is 8. The van der Waals surface area contributed by atoms with Crippen molar-refractivity contribution in [2.24, 2.45) is 5.92 Å². The summed E-state index contributed by atoms with van der Waals surface area (Å²) in [7, 11) is 0. The molecule has 0 spiro atoms. The lowest BCUT2D eigenvalue weighted by molar-refractivity contribution is -0.146. The lowest BCUT2D eigenvalue weighted by Crippen LogP contribution is -2.41. The molecule has 2 amide bonds. The summed E-state index contributed by atoms with van der Waals surface area (Å²) in [5.41, 5.74) is 1.36. The van der Waals surface area contributed by atoms with Crippen molar-refractivity contribution in [3.05, 3.63) is 42.5 Å². The van der Waals surface area contributed by atoms with Crippen molar-refractivity contribution in [1.82, 2.24) is 15.1 Å². The maximum absolute atomic E-state index is 12.9. The SMILES string of the molecule is C=CCOC(=O)C(C#N)C1SC(CNc2ccc(C(=O)NCCN3CCCC3)cc2)C(=O)N1CC. The number of benzene rings is 1. The molecule has 2 fully saturated rings. The number of rotatable bonds is 12. The van der Waals surface area contributed by atoms with E-state index in [0.29, 0.717) is 25.2 Å². The van der Waals surface area contributed by atoms with Crippen LogP contribution in [0.5, 0.6) is 0 Å². The normalized spacial score (nSPS) is 20.8. The fourth-order valence-electron chi connectivity index (χ4n) is 4.19. The Morgan fingerprint density at radius 3 is 2.66 bits per heavy atom. The van der Waals surface area contributed by atoms with Crippen LogP contribution >= 0.6 is 11.8 Å². The van der Waals surface area contributed by atoms with Gasteiger partial charge in [-0.3, -0.25) is 14.4 Å². The third-order valence-corrected chi connectivity index (χ3v) is 7.58. The Balaban J connectivity index is 1.51. The van der Waals surface area contributed by atoms with Gasteiger partial charge in [0, 0.05) is 37.4 Å². The predicted octanol–water partition coefficient (Wildman–Crippen LogP) is 2.08. The van der Waals surface area contributed by atoms with Gasteiger partial charge in [-0.15, -0.1) is 11.8 Å². The quantitative estimate of drug-likeness (QED) is 0.332. The zero-order valence-electron chi connectivity index (χ0n) is 20.1. The number of anilines is 1. The van der Waals surface area contributed by atoms with Crippen molar-refractivity contribution in [3.8, 4) is 6.07 Å². The molecule has 2 aliphatic rings. The highest BCUT2D eigenvalue weighted by Crippen LogP contribution is 2.36. The molecule has 3 unspecified atom stereocenters. The highest BCUT2D eigenvalue weighted by atomic mass is 32.2.